The van der Waals surface area contributed by atoms with Gasteiger partial charge in [0.1, 0.15) is 12.2 Å². The van der Waals surface area contributed by atoms with Gasteiger partial charge in [-0.15, -0.1) is 0 Å². The van der Waals surface area contributed by atoms with E-state index in [2.05, 4.69) is 20.3 Å². The van der Waals surface area contributed by atoms with Gasteiger partial charge in [-0.3, -0.25) is 9.48 Å². The number of amides is 1. The van der Waals surface area contributed by atoms with Gasteiger partial charge in [0.05, 0.1) is 16.8 Å². The number of nitrogens with zero attached hydrogens (tertiary/aromatic N) is 4. The third-order valence-electron chi connectivity index (χ3n) is 4.63. The van der Waals surface area contributed by atoms with Crippen LogP contribution in [0.1, 0.15) is 48.9 Å². The van der Waals surface area contributed by atoms with Crippen LogP contribution in [0.3, 0.4) is 0 Å². The standard InChI is InChI=1S/C18H24ClN5O/c1-12(2)16(17-20-11-21-23(17)3)22-18(25)13-6-7-15(14(19)10-13)24-8-4-5-9-24/h6-7,10-12,16H,4-5,8-9H2,1-3H3,(H,22,25)/t16-/m0/s1. The predicted molar refractivity (Wildman–Crippen MR) is 98.9 cm³/mol. The molecule has 1 amide bonds. The number of carbonyl (C=O) groups is 1. The topological polar surface area (TPSA) is 63.1 Å². The Hall–Kier alpha value is -2.08. The number of benzene rings is 1. The van der Waals surface area contributed by atoms with Gasteiger partial charge < -0.3 is 10.2 Å². The van der Waals surface area contributed by atoms with E-state index >= 15 is 0 Å². The van der Waals surface area contributed by atoms with Gasteiger partial charge in [0.25, 0.3) is 5.91 Å². The first-order valence-corrected chi connectivity index (χ1v) is 9.04. The lowest BCUT2D eigenvalue weighted by Gasteiger charge is -2.22. The van der Waals surface area contributed by atoms with Crippen molar-refractivity contribution in [3.8, 4) is 0 Å². The molecule has 1 saturated heterocycles. The Morgan fingerprint density at radius 2 is 2.00 bits per heavy atom. The lowest BCUT2D eigenvalue weighted by Crippen LogP contribution is -2.33. The predicted octanol–water partition coefficient (Wildman–Crippen LogP) is 3.20. The molecule has 1 N–H and O–H groups in total. The summed E-state index contributed by atoms with van der Waals surface area (Å²) in [5.41, 5.74) is 1.56. The molecule has 2 heterocycles. The van der Waals surface area contributed by atoms with Gasteiger partial charge in [-0.1, -0.05) is 25.4 Å². The SMILES string of the molecule is CC(C)[C@H](NC(=O)c1ccc(N2CCCC2)c(Cl)c1)c1ncnn1C. The van der Waals surface area contributed by atoms with E-state index in [9.17, 15) is 4.79 Å². The zero-order chi connectivity index (χ0) is 18.0. The number of hydrogen-bond acceptors (Lipinski definition) is 4. The highest BCUT2D eigenvalue weighted by molar-refractivity contribution is 6.33. The number of aromatic nitrogens is 3. The van der Waals surface area contributed by atoms with E-state index in [0.717, 1.165) is 24.6 Å². The normalized spacial score (nSPS) is 15.6. The van der Waals surface area contributed by atoms with Crippen LogP contribution in [0.4, 0.5) is 5.69 Å². The van der Waals surface area contributed by atoms with Gasteiger partial charge in [-0.2, -0.15) is 5.10 Å². The molecule has 1 aliphatic heterocycles. The fraction of sp³-hybridized carbons (Fsp3) is 0.500. The van der Waals surface area contributed by atoms with Crippen molar-refractivity contribution in [3.05, 3.63) is 40.9 Å². The van der Waals surface area contributed by atoms with Crippen molar-refractivity contribution in [2.45, 2.75) is 32.7 Å². The molecule has 1 fully saturated rings. The van der Waals surface area contributed by atoms with Gasteiger partial charge >= 0.3 is 0 Å². The summed E-state index contributed by atoms with van der Waals surface area (Å²) in [7, 11) is 1.82. The molecule has 0 aliphatic carbocycles. The smallest absolute Gasteiger partial charge is 0.251 e. The van der Waals surface area contributed by atoms with Crippen LogP contribution >= 0.6 is 11.6 Å². The third-order valence-corrected chi connectivity index (χ3v) is 4.94. The fourth-order valence-electron chi connectivity index (χ4n) is 3.20. The van der Waals surface area contributed by atoms with Crippen molar-refractivity contribution in [2.24, 2.45) is 13.0 Å². The molecule has 7 heteroatoms. The van der Waals surface area contributed by atoms with Crippen LogP contribution in [0.15, 0.2) is 24.5 Å². The largest absolute Gasteiger partial charge is 0.370 e. The van der Waals surface area contributed by atoms with Crippen LogP contribution in [-0.4, -0.2) is 33.8 Å². The Balaban J connectivity index is 1.78. The van der Waals surface area contributed by atoms with E-state index in [4.69, 9.17) is 11.6 Å². The Morgan fingerprint density at radius 3 is 2.56 bits per heavy atom. The molecule has 1 aromatic heterocycles. The summed E-state index contributed by atoms with van der Waals surface area (Å²) in [6, 6.07) is 5.31. The summed E-state index contributed by atoms with van der Waals surface area (Å²) < 4.78 is 1.69. The van der Waals surface area contributed by atoms with Crippen molar-refractivity contribution < 1.29 is 4.79 Å². The maximum Gasteiger partial charge on any atom is 0.251 e. The Kier molecular flexibility index (Phi) is 5.27. The minimum Gasteiger partial charge on any atom is -0.370 e. The summed E-state index contributed by atoms with van der Waals surface area (Å²) in [5.74, 6) is 0.769. The van der Waals surface area contributed by atoms with E-state index in [0.29, 0.717) is 10.6 Å². The zero-order valence-corrected chi connectivity index (χ0v) is 15.6. The fourth-order valence-corrected chi connectivity index (χ4v) is 3.50. The van der Waals surface area contributed by atoms with Crippen LogP contribution in [-0.2, 0) is 7.05 Å². The van der Waals surface area contributed by atoms with Crippen LogP contribution in [0.25, 0.3) is 0 Å². The van der Waals surface area contributed by atoms with E-state index in [1.807, 2.05) is 33.0 Å². The molecule has 1 atom stereocenters. The molecule has 1 aromatic carbocycles. The van der Waals surface area contributed by atoms with Gasteiger partial charge in [-0.05, 0) is 37.0 Å². The first-order chi connectivity index (χ1) is 12.0. The average Bonchev–Trinajstić information content (AvgIpc) is 3.23. The summed E-state index contributed by atoms with van der Waals surface area (Å²) in [5, 5.41) is 7.77. The molecular formula is C18H24ClN5O. The lowest BCUT2D eigenvalue weighted by atomic mass is 10.0. The molecular weight excluding hydrogens is 338 g/mol. The molecule has 1 aliphatic rings. The molecule has 0 radical (unpaired) electrons. The Labute approximate surface area is 153 Å². The van der Waals surface area contributed by atoms with Crippen molar-refractivity contribution in [1.82, 2.24) is 20.1 Å². The molecule has 0 spiro atoms. The zero-order valence-electron chi connectivity index (χ0n) is 14.9. The first-order valence-electron chi connectivity index (χ1n) is 8.66. The number of hydrogen-bond donors (Lipinski definition) is 1. The maximum absolute atomic E-state index is 12.7. The molecule has 25 heavy (non-hydrogen) atoms. The molecule has 0 unspecified atom stereocenters. The van der Waals surface area contributed by atoms with Crippen molar-refractivity contribution in [3.63, 3.8) is 0 Å². The number of carbonyl (C=O) groups excluding carboxylic acids is 1. The van der Waals surface area contributed by atoms with Crippen molar-refractivity contribution in [2.75, 3.05) is 18.0 Å². The van der Waals surface area contributed by atoms with Crippen LogP contribution in [0, 0.1) is 5.92 Å². The van der Waals surface area contributed by atoms with Crippen LogP contribution in [0.5, 0.6) is 0 Å². The van der Waals surface area contributed by atoms with Crippen LogP contribution < -0.4 is 10.2 Å². The quantitative estimate of drug-likeness (QED) is 0.888. The number of nitrogens with one attached hydrogen (secondary N) is 1. The van der Waals surface area contributed by atoms with Crippen molar-refractivity contribution >= 4 is 23.2 Å². The minimum absolute atomic E-state index is 0.156. The van der Waals surface area contributed by atoms with E-state index in [1.165, 1.54) is 19.2 Å². The molecule has 0 bridgehead atoms. The Bertz CT molecular complexity index is 752. The number of anilines is 1. The highest BCUT2D eigenvalue weighted by Crippen LogP contribution is 2.30. The molecule has 2 aromatic rings. The highest BCUT2D eigenvalue weighted by Gasteiger charge is 2.24. The summed E-state index contributed by atoms with van der Waals surface area (Å²) in [4.78, 5) is 19.2. The molecule has 6 nitrogen and oxygen atoms in total. The van der Waals surface area contributed by atoms with E-state index in [-0.39, 0.29) is 17.9 Å². The minimum atomic E-state index is -0.211. The summed E-state index contributed by atoms with van der Waals surface area (Å²) in [6.07, 6.45) is 3.87. The van der Waals surface area contributed by atoms with E-state index < -0.39 is 0 Å². The van der Waals surface area contributed by atoms with Gasteiger partial charge in [0.2, 0.25) is 0 Å². The first kappa shape index (κ1) is 17.7. The second kappa shape index (κ2) is 7.44. The number of rotatable bonds is 5. The van der Waals surface area contributed by atoms with Crippen LogP contribution in [0.2, 0.25) is 5.02 Å². The van der Waals surface area contributed by atoms with Crippen molar-refractivity contribution in [1.29, 1.82) is 0 Å². The monoisotopic (exact) mass is 361 g/mol. The number of halogens is 1. The summed E-state index contributed by atoms with van der Waals surface area (Å²) >= 11 is 6.43. The lowest BCUT2D eigenvalue weighted by molar-refractivity contribution is 0.0922. The second-order valence-corrected chi connectivity index (χ2v) is 7.20. The van der Waals surface area contributed by atoms with Gasteiger partial charge in [-0.25, -0.2) is 4.98 Å². The molecule has 3 rings (SSSR count). The Morgan fingerprint density at radius 1 is 1.28 bits per heavy atom. The summed E-state index contributed by atoms with van der Waals surface area (Å²) in [6.45, 7) is 6.13. The maximum atomic E-state index is 12.7. The third kappa shape index (κ3) is 3.79. The molecule has 0 saturated carbocycles. The van der Waals surface area contributed by atoms with Gasteiger partial charge in [0, 0.05) is 25.7 Å². The second-order valence-electron chi connectivity index (χ2n) is 6.80. The highest BCUT2D eigenvalue weighted by atomic mass is 35.5. The van der Waals surface area contributed by atoms with Gasteiger partial charge in [0.15, 0.2) is 0 Å². The average molecular weight is 362 g/mol. The molecule has 134 valence electrons. The number of aryl methyl sites for hydroxylation is 1. The van der Waals surface area contributed by atoms with E-state index in [1.54, 1.807) is 10.7 Å².